The summed E-state index contributed by atoms with van der Waals surface area (Å²) in [6.45, 7) is 1.39. The summed E-state index contributed by atoms with van der Waals surface area (Å²) in [5, 5.41) is 0. The molecule has 1 aromatic heterocycles. The lowest BCUT2D eigenvalue weighted by Crippen LogP contribution is -3.07. The first kappa shape index (κ1) is 15.5. The van der Waals surface area contributed by atoms with Crippen molar-refractivity contribution in [1.82, 2.24) is 4.98 Å². The predicted octanol–water partition coefficient (Wildman–Crippen LogP) is 2.36. The number of likely N-dealkylation sites (N-methyl/N-ethyl adjacent to an activating group) is 1. The molecule has 0 fully saturated rings. The van der Waals surface area contributed by atoms with Crippen molar-refractivity contribution in [3.8, 4) is 0 Å². The Bertz CT molecular complexity index is 567. The number of halogens is 3. The van der Waals surface area contributed by atoms with Gasteiger partial charge in [0.05, 0.1) is 19.2 Å². The quantitative estimate of drug-likeness (QED) is 0.896. The molecule has 0 bridgehead atoms. The minimum Gasteiger partial charge on any atom is -0.333 e. The highest BCUT2D eigenvalue weighted by Crippen LogP contribution is 2.29. The van der Waals surface area contributed by atoms with Gasteiger partial charge < -0.3 is 4.90 Å². The van der Waals surface area contributed by atoms with Gasteiger partial charge in [0.25, 0.3) is 0 Å². The number of nitrogens with one attached hydrogen (secondary N) is 1. The van der Waals surface area contributed by atoms with Crippen molar-refractivity contribution in [2.24, 2.45) is 0 Å². The molecule has 0 aliphatic carbocycles. The Labute approximate surface area is 122 Å². The number of benzene rings is 1. The third-order valence-corrected chi connectivity index (χ3v) is 3.29. The summed E-state index contributed by atoms with van der Waals surface area (Å²) in [6.07, 6.45) is -1.72. The molecular weight excluding hydrogens is 277 g/mol. The summed E-state index contributed by atoms with van der Waals surface area (Å²) in [6, 6.07) is 11.3. The lowest BCUT2D eigenvalue weighted by molar-refractivity contribution is -0.893. The largest absolute Gasteiger partial charge is 0.416 e. The Morgan fingerprint density at radius 3 is 2.57 bits per heavy atom. The molecule has 1 aromatic carbocycles. The zero-order chi connectivity index (χ0) is 15.3. The highest BCUT2D eigenvalue weighted by atomic mass is 19.4. The third-order valence-electron chi connectivity index (χ3n) is 3.29. The summed E-state index contributed by atoms with van der Waals surface area (Å²) in [4.78, 5) is 5.39. The van der Waals surface area contributed by atoms with Crippen molar-refractivity contribution in [2.45, 2.75) is 19.1 Å². The molecule has 2 rings (SSSR count). The normalized spacial score (nSPS) is 13.1. The Hall–Kier alpha value is -1.88. The maximum atomic E-state index is 12.7. The summed E-state index contributed by atoms with van der Waals surface area (Å²) in [7, 11) is 1.98. The Morgan fingerprint density at radius 1 is 1.10 bits per heavy atom. The van der Waals surface area contributed by atoms with Gasteiger partial charge in [0, 0.05) is 23.9 Å². The van der Waals surface area contributed by atoms with E-state index in [1.807, 2.05) is 25.2 Å². The number of alkyl halides is 3. The molecule has 0 radical (unpaired) electrons. The number of hydrogen-bond donors (Lipinski definition) is 1. The Kier molecular flexibility index (Phi) is 4.96. The van der Waals surface area contributed by atoms with Crippen molar-refractivity contribution in [3.63, 3.8) is 0 Å². The van der Waals surface area contributed by atoms with Crippen LogP contribution in [0.25, 0.3) is 0 Å². The smallest absolute Gasteiger partial charge is 0.333 e. The van der Waals surface area contributed by atoms with Crippen LogP contribution in [0.4, 0.5) is 13.2 Å². The summed E-state index contributed by atoms with van der Waals surface area (Å²) in [5.74, 6) is 0. The van der Waals surface area contributed by atoms with Gasteiger partial charge in [-0.2, -0.15) is 13.2 Å². The molecule has 2 aromatic rings. The van der Waals surface area contributed by atoms with Crippen LogP contribution in [0.15, 0.2) is 48.7 Å². The van der Waals surface area contributed by atoms with Crippen LogP contribution in [0.2, 0.25) is 0 Å². The van der Waals surface area contributed by atoms with Crippen LogP contribution in [0.1, 0.15) is 16.8 Å². The van der Waals surface area contributed by atoms with E-state index in [0.29, 0.717) is 12.1 Å². The minimum atomic E-state index is -4.28. The van der Waals surface area contributed by atoms with Crippen molar-refractivity contribution in [2.75, 3.05) is 13.6 Å². The molecule has 0 saturated heterocycles. The number of aromatic nitrogens is 1. The van der Waals surface area contributed by atoms with E-state index in [9.17, 15) is 13.2 Å². The molecule has 0 spiro atoms. The zero-order valence-electron chi connectivity index (χ0n) is 11.8. The second-order valence-corrected chi connectivity index (χ2v) is 5.15. The Morgan fingerprint density at radius 2 is 1.90 bits per heavy atom. The fourth-order valence-electron chi connectivity index (χ4n) is 2.18. The third kappa shape index (κ3) is 4.86. The van der Waals surface area contributed by atoms with Gasteiger partial charge in [-0.25, -0.2) is 0 Å². The van der Waals surface area contributed by atoms with Gasteiger partial charge in [0.1, 0.15) is 6.54 Å². The van der Waals surface area contributed by atoms with Crippen molar-refractivity contribution < 1.29 is 18.1 Å². The van der Waals surface area contributed by atoms with E-state index in [4.69, 9.17) is 0 Å². The molecule has 1 N–H and O–H groups in total. The van der Waals surface area contributed by atoms with Gasteiger partial charge in [-0.3, -0.25) is 4.98 Å². The van der Waals surface area contributed by atoms with Crippen LogP contribution in [-0.4, -0.2) is 18.6 Å². The summed E-state index contributed by atoms with van der Waals surface area (Å²) >= 11 is 0. The van der Waals surface area contributed by atoms with E-state index >= 15 is 0 Å². The first-order chi connectivity index (χ1) is 9.95. The van der Waals surface area contributed by atoms with Gasteiger partial charge in [-0.05, 0) is 24.3 Å². The molecule has 0 aliphatic rings. The molecule has 5 heteroatoms. The fourth-order valence-corrected chi connectivity index (χ4v) is 2.18. The average Bonchev–Trinajstić information content (AvgIpc) is 2.46. The second-order valence-electron chi connectivity index (χ2n) is 5.15. The first-order valence-electron chi connectivity index (χ1n) is 6.82. The molecule has 1 atom stereocenters. The molecule has 21 heavy (non-hydrogen) atoms. The number of pyridine rings is 1. The van der Waals surface area contributed by atoms with Crippen LogP contribution in [0.3, 0.4) is 0 Å². The SMILES string of the molecule is C[NH+](CCc1ccccn1)Cc1cccc(C(F)(F)F)c1. The van der Waals surface area contributed by atoms with Crippen molar-refractivity contribution in [1.29, 1.82) is 0 Å². The molecule has 0 aliphatic heterocycles. The zero-order valence-corrected chi connectivity index (χ0v) is 11.8. The fraction of sp³-hybridized carbons (Fsp3) is 0.312. The molecule has 1 heterocycles. The van der Waals surface area contributed by atoms with Crippen LogP contribution < -0.4 is 4.90 Å². The lowest BCUT2D eigenvalue weighted by Gasteiger charge is -2.15. The highest BCUT2D eigenvalue weighted by Gasteiger charge is 2.30. The van der Waals surface area contributed by atoms with E-state index in [-0.39, 0.29) is 0 Å². The van der Waals surface area contributed by atoms with Crippen LogP contribution >= 0.6 is 0 Å². The van der Waals surface area contributed by atoms with E-state index in [1.54, 1.807) is 12.3 Å². The molecule has 0 saturated carbocycles. The summed E-state index contributed by atoms with van der Waals surface area (Å²) < 4.78 is 38.0. The highest BCUT2D eigenvalue weighted by molar-refractivity contribution is 5.25. The standard InChI is InChI=1S/C16H17F3N2/c1-21(10-8-15-7-2-3-9-20-15)12-13-5-4-6-14(11-13)16(17,18)19/h2-7,9,11H,8,10,12H2,1H3/p+1. The number of rotatable bonds is 5. The molecule has 1 unspecified atom stereocenters. The summed E-state index contributed by atoms with van der Waals surface area (Å²) in [5.41, 5.74) is 1.11. The number of nitrogens with zero attached hydrogens (tertiary/aromatic N) is 1. The van der Waals surface area contributed by atoms with E-state index in [2.05, 4.69) is 4.98 Å². The lowest BCUT2D eigenvalue weighted by atomic mass is 10.1. The maximum Gasteiger partial charge on any atom is 0.416 e. The van der Waals surface area contributed by atoms with Crippen LogP contribution in [0, 0.1) is 0 Å². The Balaban J connectivity index is 1.92. The van der Waals surface area contributed by atoms with Crippen LogP contribution in [0.5, 0.6) is 0 Å². The number of quaternary nitrogens is 1. The van der Waals surface area contributed by atoms with Gasteiger partial charge >= 0.3 is 6.18 Å². The van der Waals surface area contributed by atoms with E-state index in [0.717, 1.165) is 29.6 Å². The minimum absolute atomic E-state index is 0.566. The predicted molar refractivity (Wildman–Crippen MR) is 74.8 cm³/mol. The molecule has 0 amide bonds. The number of hydrogen-bond acceptors (Lipinski definition) is 1. The van der Waals surface area contributed by atoms with Gasteiger partial charge in [-0.15, -0.1) is 0 Å². The molecular formula is C16H18F3N2+. The molecule has 2 nitrogen and oxygen atoms in total. The van der Waals surface area contributed by atoms with E-state index < -0.39 is 11.7 Å². The average molecular weight is 295 g/mol. The van der Waals surface area contributed by atoms with Gasteiger partial charge in [0.2, 0.25) is 0 Å². The van der Waals surface area contributed by atoms with E-state index in [1.165, 1.54) is 12.1 Å². The second kappa shape index (κ2) is 6.72. The maximum absolute atomic E-state index is 12.7. The van der Waals surface area contributed by atoms with Crippen molar-refractivity contribution >= 4 is 0 Å². The first-order valence-corrected chi connectivity index (χ1v) is 6.82. The van der Waals surface area contributed by atoms with Gasteiger partial charge in [-0.1, -0.05) is 18.2 Å². The monoisotopic (exact) mass is 295 g/mol. The molecule has 112 valence electrons. The van der Waals surface area contributed by atoms with Crippen LogP contribution in [-0.2, 0) is 19.1 Å². The van der Waals surface area contributed by atoms with Gasteiger partial charge in [0.15, 0.2) is 0 Å². The van der Waals surface area contributed by atoms with Crippen molar-refractivity contribution in [3.05, 3.63) is 65.5 Å². The topological polar surface area (TPSA) is 17.3 Å².